The summed E-state index contributed by atoms with van der Waals surface area (Å²) in [6.07, 6.45) is 1.29. The van der Waals surface area contributed by atoms with Gasteiger partial charge in [-0.15, -0.1) is 12.4 Å². The van der Waals surface area contributed by atoms with E-state index in [2.05, 4.69) is 18.3 Å². The molecule has 132 valence electrons. The number of rotatable bonds is 5. The van der Waals surface area contributed by atoms with E-state index in [1.54, 1.807) is 4.90 Å². The third-order valence-electron chi connectivity index (χ3n) is 4.34. The van der Waals surface area contributed by atoms with Crippen molar-refractivity contribution >= 4 is 29.3 Å². The molecule has 2 heterocycles. The number of benzene rings is 1. The molecule has 1 aromatic heterocycles. The fourth-order valence-electron chi connectivity index (χ4n) is 3.05. The molecule has 1 amide bonds. The quantitative estimate of drug-likeness (QED) is 0.899. The number of halogens is 1. The van der Waals surface area contributed by atoms with Gasteiger partial charge >= 0.3 is 0 Å². The van der Waals surface area contributed by atoms with Crippen LogP contribution in [0.25, 0.3) is 11.0 Å². The van der Waals surface area contributed by atoms with Gasteiger partial charge in [-0.05, 0) is 6.07 Å². The van der Waals surface area contributed by atoms with Gasteiger partial charge in [0, 0.05) is 50.0 Å². The van der Waals surface area contributed by atoms with Gasteiger partial charge in [0.15, 0.2) is 0 Å². The Balaban J connectivity index is 0.00000208. The van der Waals surface area contributed by atoms with E-state index < -0.39 is 0 Å². The van der Waals surface area contributed by atoms with Crippen LogP contribution in [-0.2, 0) is 22.5 Å². The van der Waals surface area contributed by atoms with Crippen molar-refractivity contribution in [3.05, 3.63) is 35.6 Å². The monoisotopic (exact) mass is 352 g/mol. The van der Waals surface area contributed by atoms with Crippen LogP contribution in [0.3, 0.4) is 0 Å². The first-order chi connectivity index (χ1) is 11.2. The van der Waals surface area contributed by atoms with Crippen LogP contribution in [0.4, 0.5) is 0 Å². The number of fused-ring (bicyclic) bond motifs is 1. The molecule has 0 spiro atoms. The fraction of sp³-hybridized carbons (Fsp3) is 0.500. The van der Waals surface area contributed by atoms with E-state index in [-0.39, 0.29) is 24.4 Å². The van der Waals surface area contributed by atoms with E-state index in [0.717, 1.165) is 41.9 Å². The molecular weight excluding hydrogens is 328 g/mol. The minimum Gasteiger partial charge on any atom is -0.461 e. The molecule has 1 fully saturated rings. The van der Waals surface area contributed by atoms with Gasteiger partial charge in [0.25, 0.3) is 0 Å². The molecule has 1 aliphatic rings. The van der Waals surface area contributed by atoms with E-state index in [9.17, 15) is 4.79 Å². The normalized spacial score (nSPS) is 17.5. The molecule has 3 rings (SSSR count). The van der Waals surface area contributed by atoms with Crippen LogP contribution >= 0.6 is 12.4 Å². The molecule has 5 nitrogen and oxygen atoms in total. The van der Waals surface area contributed by atoms with Crippen molar-refractivity contribution in [2.75, 3.05) is 26.8 Å². The summed E-state index contributed by atoms with van der Waals surface area (Å²) < 4.78 is 11.3. The molecule has 0 aliphatic carbocycles. The van der Waals surface area contributed by atoms with Gasteiger partial charge in [0.2, 0.25) is 5.91 Å². The lowest BCUT2D eigenvalue weighted by Gasteiger charge is -2.25. The number of amides is 1. The lowest BCUT2D eigenvalue weighted by molar-refractivity contribution is -0.131. The number of nitrogens with one attached hydrogen (secondary N) is 1. The van der Waals surface area contributed by atoms with E-state index in [1.165, 1.54) is 0 Å². The fourth-order valence-corrected chi connectivity index (χ4v) is 3.05. The highest BCUT2D eigenvalue weighted by atomic mass is 35.5. The predicted octanol–water partition coefficient (Wildman–Crippen LogP) is 2.75. The summed E-state index contributed by atoms with van der Waals surface area (Å²) in [6.45, 7) is 4.79. The van der Waals surface area contributed by atoms with Crippen molar-refractivity contribution in [3.63, 3.8) is 0 Å². The number of furan rings is 1. The first-order valence-corrected chi connectivity index (χ1v) is 8.23. The van der Waals surface area contributed by atoms with Gasteiger partial charge in [-0.3, -0.25) is 4.79 Å². The van der Waals surface area contributed by atoms with Crippen molar-refractivity contribution in [1.29, 1.82) is 0 Å². The van der Waals surface area contributed by atoms with E-state index in [4.69, 9.17) is 9.15 Å². The van der Waals surface area contributed by atoms with Crippen molar-refractivity contribution in [1.82, 2.24) is 10.2 Å². The van der Waals surface area contributed by atoms with Crippen LogP contribution in [0.5, 0.6) is 0 Å². The SMILES string of the molecule is CCc1oc2ccccc2c1CN(C)C(=O)CC1COCCN1.Cl. The second-order valence-electron chi connectivity index (χ2n) is 6.03. The number of para-hydroxylation sites is 1. The van der Waals surface area contributed by atoms with Crippen LogP contribution in [0.2, 0.25) is 0 Å². The maximum atomic E-state index is 12.5. The topological polar surface area (TPSA) is 54.7 Å². The summed E-state index contributed by atoms with van der Waals surface area (Å²) >= 11 is 0. The predicted molar refractivity (Wildman–Crippen MR) is 96.5 cm³/mol. The van der Waals surface area contributed by atoms with E-state index in [0.29, 0.717) is 19.6 Å². The Kier molecular flexibility index (Phi) is 6.66. The summed E-state index contributed by atoms with van der Waals surface area (Å²) in [6, 6.07) is 8.13. The van der Waals surface area contributed by atoms with Gasteiger partial charge in [-0.25, -0.2) is 0 Å². The molecule has 1 N–H and O–H groups in total. The number of nitrogens with zero attached hydrogens (tertiary/aromatic N) is 1. The zero-order chi connectivity index (χ0) is 16.2. The highest BCUT2D eigenvalue weighted by Crippen LogP contribution is 2.27. The molecule has 0 bridgehead atoms. The average molecular weight is 353 g/mol. The standard InChI is InChI=1S/C18H24N2O3.ClH/c1-3-16-15(14-6-4-5-7-17(14)23-16)11-20(2)18(21)10-13-12-22-9-8-19-13;/h4-7,13,19H,3,8-12H2,1-2H3;1H. The minimum atomic E-state index is 0. The molecule has 24 heavy (non-hydrogen) atoms. The molecule has 1 atom stereocenters. The van der Waals surface area contributed by atoms with Crippen molar-refractivity contribution in [2.45, 2.75) is 32.4 Å². The average Bonchev–Trinajstić information content (AvgIpc) is 2.93. The van der Waals surface area contributed by atoms with Gasteiger partial charge in [0.05, 0.1) is 13.2 Å². The molecule has 1 aliphatic heterocycles. The molecular formula is C18H25ClN2O3. The summed E-state index contributed by atoms with van der Waals surface area (Å²) in [5.41, 5.74) is 2.01. The smallest absolute Gasteiger partial charge is 0.224 e. The summed E-state index contributed by atoms with van der Waals surface area (Å²) in [5, 5.41) is 4.43. The molecule has 2 aromatic rings. The van der Waals surface area contributed by atoms with Crippen LogP contribution in [0.15, 0.2) is 28.7 Å². The van der Waals surface area contributed by atoms with E-state index >= 15 is 0 Å². The third kappa shape index (κ3) is 4.09. The van der Waals surface area contributed by atoms with Crippen molar-refractivity contribution < 1.29 is 13.9 Å². The Bertz CT molecular complexity index is 680. The van der Waals surface area contributed by atoms with Crippen molar-refractivity contribution in [3.8, 4) is 0 Å². The zero-order valence-electron chi connectivity index (χ0n) is 14.2. The number of hydrogen-bond acceptors (Lipinski definition) is 4. The second-order valence-corrected chi connectivity index (χ2v) is 6.03. The van der Waals surface area contributed by atoms with Crippen molar-refractivity contribution in [2.24, 2.45) is 0 Å². The molecule has 0 radical (unpaired) electrons. The Labute approximate surface area is 148 Å². The summed E-state index contributed by atoms with van der Waals surface area (Å²) in [7, 11) is 1.85. The summed E-state index contributed by atoms with van der Waals surface area (Å²) in [5.74, 6) is 1.09. The summed E-state index contributed by atoms with van der Waals surface area (Å²) in [4.78, 5) is 14.3. The number of carbonyl (C=O) groups is 1. The Morgan fingerprint density at radius 1 is 1.38 bits per heavy atom. The molecule has 6 heteroatoms. The first-order valence-electron chi connectivity index (χ1n) is 8.23. The Morgan fingerprint density at radius 2 is 2.17 bits per heavy atom. The van der Waals surface area contributed by atoms with Crippen LogP contribution in [0.1, 0.15) is 24.7 Å². The molecule has 1 aromatic carbocycles. The molecule has 1 unspecified atom stereocenters. The highest BCUT2D eigenvalue weighted by molar-refractivity contribution is 5.85. The number of carbonyl (C=O) groups excluding carboxylic acids is 1. The maximum absolute atomic E-state index is 12.5. The number of morpholine rings is 1. The largest absolute Gasteiger partial charge is 0.461 e. The molecule has 1 saturated heterocycles. The van der Waals surface area contributed by atoms with Gasteiger partial charge in [-0.1, -0.05) is 25.1 Å². The van der Waals surface area contributed by atoms with E-state index in [1.807, 2.05) is 25.2 Å². The van der Waals surface area contributed by atoms with Gasteiger partial charge < -0.3 is 19.4 Å². The van der Waals surface area contributed by atoms with Crippen LogP contribution in [-0.4, -0.2) is 43.7 Å². The second kappa shape index (κ2) is 8.51. The number of aryl methyl sites for hydroxylation is 1. The Hall–Kier alpha value is -1.56. The maximum Gasteiger partial charge on any atom is 0.224 e. The minimum absolute atomic E-state index is 0. The first kappa shape index (κ1) is 18.8. The van der Waals surface area contributed by atoms with Gasteiger partial charge in [0.1, 0.15) is 11.3 Å². The third-order valence-corrected chi connectivity index (χ3v) is 4.34. The lowest BCUT2D eigenvalue weighted by Crippen LogP contribution is -2.44. The molecule has 0 saturated carbocycles. The van der Waals surface area contributed by atoms with Crippen LogP contribution < -0.4 is 5.32 Å². The lowest BCUT2D eigenvalue weighted by atomic mass is 10.1. The number of hydrogen-bond donors (Lipinski definition) is 1. The van der Waals surface area contributed by atoms with Crippen LogP contribution in [0, 0.1) is 0 Å². The highest BCUT2D eigenvalue weighted by Gasteiger charge is 2.21. The zero-order valence-corrected chi connectivity index (χ0v) is 15.0. The number of ether oxygens (including phenoxy) is 1. The Morgan fingerprint density at radius 3 is 2.88 bits per heavy atom. The van der Waals surface area contributed by atoms with Gasteiger partial charge in [-0.2, -0.15) is 0 Å².